The Bertz CT molecular complexity index is 750. The first-order valence-corrected chi connectivity index (χ1v) is 9.21. The Morgan fingerprint density at radius 2 is 1.86 bits per heavy atom. The Morgan fingerprint density at radius 1 is 1.04 bits per heavy atom. The van der Waals surface area contributed by atoms with Crippen molar-refractivity contribution in [3.05, 3.63) is 60.2 Å². The molecule has 28 heavy (non-hydrogen) atoms. The molecule has 3 N–H and O–H groups in total. The zero-order chi connectivity index (χ0) is 20.0. The standard InChI is InChI=1S/C21H28N4O3/c1-22-21(24-16-20(26)23-15-17-8-4-3-5-9-17)25-18-10-6-11-19(14-18)28-13-7-12-27-2/h3-6,8-11,14H,7,12-13,15-16H2,1-2H3,(H,23,26)(H2,22,24,25). The van der Waals surface area contributed by atoms with Crippen molar-refractivity contribution in [1.82, 2.24) is 10.6 Å². The van der Waals surface area contributed by atoms with Crippen LogP contribution in [-0.2, 0) is 16.1 Å². The van der Waals surface area contributed by atoms with Crippen molar-refractivity contribution in [3.8, 4) is 5.75 Å². The van der Waals surface area contributed by atoms with Gasteiger partial charge in [0, 0.05) is 45.5 Å². The van der Waals surface area contributed by atoms with E-state index in [9.17, 15) is 4.79 Å². The van der Waals surface area contributed by atoms with Gasteiger partial charge in [0.1, 0.15) is 5.75 Å². The number of hydrogen-bond acceptors (Lipinski definition) is 4. The summed E-state index contributed by atoms with van der Waals surface area (Å²) in [6, 6.07) is 17.4. The van der Waals surface area contributed by atoms with Gasteiger partial charge in [0.15, 0.2) is 5.96 Å². The van der Waals surface area contributed by atoms with Crippen molar-refractivity contribution in [3.63, 3.8) is 0 Å². The molecular formula is C21H28N4O3. The van der Waals surface area contributed by atoms with E-state index in [0.29, 0.717) is 25.7 Å². The Labute approximate surface area is 166 Å². The molecule has 0 spiro atoms. The molecule has 1 amide bonds. The normalized spacial score (nSPS) is 11.0. The zero-order valence-corrected chi connectivity index (χ0v) is 16.4. The average Bonchev–Trinajstić information content (AvgIpc) is 2.73. The van der Waals surface area contributed by atoms with E-state index in [1.54, 1.807) is 14.2 Å². The van der Waals surface area contributed by atoms with Crippen LogP contribution in [0.2, 0.25) is 0 Å². The molecule has 0 saturated heterocycles. The van der Waals surface area contributed by atoms with Crippen LogP contribution in [0.5, 0.6) is 5.75 Å². The van der Waals surface area contributed by atoms with E-state index in [1.165, 1.54) is 0 Å². The minimum absolute atomic E-state index is 0.109. The molecule has 0 aliphatic rings. The molecule has 0 radical (unpaired) electrons. The summed E-state index contributed by atoms with van der Waals surface area (Å²) < 4.78 is 10.7. The number of rotatable bonds is 10. The zero-order valence-electron chi connectivity index (χ0n) is 16.4. The molecule has 0 aliphatic heterocycles. The highest BCUT2D eigenvalue weighted by Gasteiger charge is 2.05. The number of benzene rings is 2. The fraction of sp³-hybridized carbons (Fsp3) is 0.333. The van der Waals surface area contributed by atoms with E-state index in [2.05, 4.69) is 20.9 Å². The highest BCUT2D eigenvalue weighted by molar-refractivity contribution is 5.95. The first kappa shape index (κ1) is 21.2. The lowest BCUT2D eigenvalue weighted by Crippen LogP contribution is -2.39. The van der Waals surface area contributed by atoms with Gasteiger partial charge in [0.2, 0.25) is 5.91 Å². The molecule has 7 heteroatoms. The Balaban J connectivity index is 1.76. The van der Waals surface area contributed by atoms with Gasteiger partial charge < -0.3 is 25.4 Å². The molecule has 0 saturated carbocycles. The summed E-state index contributed by atoms with van der Waals surface area (Å²) in [6.07, 6.45) is 0.829. The largest absolute Gasteiger partial charge is 0.493 e. The third-order valence-corrected chi connectivity index (χ3v) is 3.83. The number of aliphatic imine (C=N–C) groups is 1. The van der Waals surface area contributed by atoms with Crippen molar-refractivity contribution < 1.29 is 14.3 Å². The lowest BCUT2D eigenvalue weighted by Gasteiger charge is -2.13. The topological polar surface area (TPSA) is 84.0 Å². The molecule has 150 valence electrons. The van der Waals surface area contributed by atoms with Crippen molar-refractivity contribution in [2.24, 2.45) is 4.99 Å². The summed E-state index contributed by atoms with van der Waals surface area (Å²) >= 11 is 0. The van der Waals surface area contributed by atoms with E-state index in [4.69, 9.17) is 9.47 Å². The third kappa shape index (κ3) is 8.09. The predicted octanol–water partition coefficient (Wildman–Crippen LogP) is 2.41. The van der Waals surface area contributed by atoms with Crippen LogP contribution in [-0.4, -0.2) is 45.8 Å². The second-order valence-corrected chi connectivity index (χ2v) is 6.04. The van der Waals surface area contributed by atoms with Gasteiger partial charge in [-0.25, -0.2) is 0 Å². The average molecular weight is 384 g/mol. The van der Waals surface area contributed by atoms with Gasteiger partial charge >= 0.3 is 0 Å². The van der Waals surface area contributed by atoms with E-state index in [0.717, 1.165) is 23.4 Å². The van der Waals surface area contributed by atoms with Crippen LogP contribution in [0.25, 0.3) is 0 Å². The van der Waals surface area contributed by atoms with Crippen LogP contribution >= 0.6 is 0 Å². The quantitative estimate of drug-likeness (QED) is 0.333. The van der Waals surface area contributed by atoms with Crippen LogP contribution in [0, 0.1) is 0 Å². The number of guanidine groups is 1. The molecular weight excluding hydrogens is 356 g/mol. The number of amides is 1. The maximum absolute atomic E-state index is 12.0. The SMILES string of the molecule is CN=C(NCC(=O)NCc1ccccc1)Nc1cccc(OCCCOC)c1. The molecule has 0 aliphatic carbocycles. The maximum atomic E-state index is 12.0. The molecule has 7 nitrogen and oxygen atoms in total. The fourth-order valence-electron chi connectivity index (χ4n) is 2.40. The van der Waals surface area contributed by atoms with Gasteiger partial charge in [0.25, 0.3) is 0 Å². The predicted molar refractivity (Wildman–Crippen MR) is 112 cm³/mol. The number of methoxy groups -OCH3 is 1. The maximum Gasteiger partial charge on any atom is 0.239 e. The highest BCUT2D eigenvalue weighted by atomic mass is 16.5. The van der Waals surface area contributed by atoms with Crippen LogP contribution in [0.15, 0.2) is 59.6 Å². The monoisotopic (exact) mass is 384 g/mol. The molecule has 0 atom stereocenters. The Kier molecular flexibility index (Phi) is 9.37. The summed E-state index contributed by atoms with van der Waals surface area (Å²) in [5, 5.41) is 9.03. The third-order valence-electron chi connectivity index (χ3n) is 3.83. The van der Waals surface area contributed by atoms with Gasteiger partial charge in [-0.3, -0.25) is 9.79 Å². The summed E-state index contributed by atoms with van der Waals surface area (Å²) in [5.41, 5.74) is 1.88. The van der Waals surface area contributed by atoms with E-state index in [-0.39, 0.29) is 12.5 Å². The van der Waals surface area contributed by atoms with E-state index < -0.39 is 0 Å². The van der Waals surface area contributed by atoms with Crippen molar-refractivity contribution in [2.75, 3.05) is 39.2 Å². The summed E-state index contributed by atoms with van der Waals surface area (Å²) in [4.78, 5) is 16.2. The smallest absolute Gasteiger partial charge is 0.239 e. The lowest BCUT2D eigenvalue weighted by atomic mass is 10.2. The van der Waals surface area contributed by atoms with Crippen molar-refractivity contribution in [2.45, 2.75) is 13.0 Å². The molecule has 0 aromatic heterocycles. The van der Waals surface area contributed by atoms with Crippen LogP contribution < -0.4 is 20.7 Å². The fourth-order valence-corrected chi connectivity index (χ4v) is 2.40. The first-order valence-electron chi connectivity index (χ1n) is 9.21. The van der Waals surface area contributed by atoms with Crippen LogP contribution in [0.1, 0.15) is 12.0 Å². The number of carbonyl (C=O) groups excluding carboxylic acids is 1. The van der Waals surface area contributed by atoms with Crippen LogP contribution in [0.3, 0.4) is 0 Å². The Hall–Kier alpha value is -3.06. The van der Waals surface area contributed by atoms with Crippen LogP contribution in [0.4, 0.5) is 5.69 Å². The van der Waals surface area contributed by atoms with Crippen molar-refractivity contribution >= 4 is 17.6 Å². The number of nitrogens with one attached hydrogen (secondary N) is 3. The number of ether oxygens (including phenoxy) is 2. The molecule has 0 fully saturated rings. The molecule has 0 heterocycles. The summed E-state index contributed by atoms with van der Waals surface area (Å²) in [6.45, 7) is 1.88. The lowest BCUT2D eigenvalue weighted by molar-refractivity contribution is -0.120. The molecule has 2 rings (SSSR count). The molecule has 0 unspecified atom stereocenters. The highest BCUT2D eigenvalue weighted by Crippen LogP contribution is 2.17. The summed E-state index contributed by atoms with van der Waals surface area (Å²) in [7, 11) is 3.33. The number of anilines is 1. The Morgan fingerprint density at radius 3 is 2.61 bits per heavy atom. The molecule has 2 aromatic rings. The van der Waals surface area contributed by atoms with E-state index >= 15 is 0 Å². The van der Waals surface area contributed by atoms with Gasteiger partial charge in [-0.2, -0.15) is 0 Å². The second kappa shape index (κ2) is 12.3. The van der Waals surface area contributed by atoms with Crippen molar-refractivity contribution in [1.29, 1.82) is 0 Å². The van der Waals surface area contributed by atoms with Gasteiger partial charge in [-0.05, 0) is 17.7 Å². The minimum Gasteiger partial charge on any atom is -0.493 e. The number of hydrogen-bond donors (Lipinski definition) is 3. The number of nitrogens with zero attached hydrogens (tertiary/aromatic N) is 1. The second-order valence-electron chi connectivity index (χ2n) is 6.04. The first-order chi connectivity index (χ1) is 13.7. The summed E-state index contributed by atoms with van der Waals surface area (Å²) in [5.74, 6) is 1.16. The number of carbonyl (C=O) groups is 1. The molecule has 0 bridgehead atoms. The molecule has 2 aromatic carbocycles. The van der Waals surface area contributed by atoms with E-state index in [1.807, 2.05) is 54.6 Å². The van der Waals surface area contributed by atoms with Gasteiger partial charge in [0.05, 0.1) is 13.2 Å². The minimum atomic E-state index is -0.109. The van der Waals surface area contributed by atoms with Gasteiger partial charge in [-0.1, -0.05) is 36.4 Å². The van der Waals surface area contributed by atoms with Gasteiger partial charge in [-0.15, -0.1) is 0 Å².